The van der Waals surface area contributed by atoms with Crippen LogP contribution in [0.3, 0.4) is 0 Å². The Morgan fingerprint density at radius 2 is 1.00 bits per heavy atom. The second kappa shape index (κ2) is 7.93. The van der Waals surface area contributed by atoms with E-state index >= 15 is 0 Å². The highest BCUT2D eigenvalue weighted by molar-refractivity contribution is 7.99. The Morgan fingerprint density at radius 3 is 1.35 bits per heavy atom. The third-order valence-electron chi connectivity index (χ3n) is 4.60. The van der Waals surface area contributed by atoms with E-state index < -0.39 is 20.2 Å². The fourth-order valence-electron chi connectivity index (χ4n) is 3.34. The molecule has 4 rings (SSSR count). The normalized spacial score (nSPS) is 12.5. The zero-order chi connectivity index (χ0) is 22.6. The highest BCUT2D eigenvalue weighted by Crippen LogP contribution is 2.43. The summed E-state index contributed by atoms with van der Waals surface area (Å²) in [6.07, 6.45) is 0. The lowest BCUT2D eigenvalue weighted by molar-refractivity contribution is 0.482. The van der Waals surface area contributed by atoms with Crippen LogP contribution in [0.1, 0.15) is 0 Å². The van der Waals surface area contributed by atoms with E-state index in [1.54, 1.807) is 24.3 Å². The average molecular weight is 515 g/mol. The maximum atomic E-state index is 11.8. The molecule has 0 saturated heterocycles. The predicted octanol–water partition coefficient (Wildman–Crippen LogP) is 5.94. The number of hydrogen-bond donors (Lipinski definition) is 2. The van der Waals surface area contributed by atoms with Crippen LogP contribution in [-0.2, 0) is 20.2 Å². The van der Waals surface area contributed by atoms with Crippen LogP contribution in [0.15, 0.2) is 80.2 Å². The van der Waals surface area contributed by atoms with Gasteiger partial charge in [0.05, 0.1) is 0 Å². The molecule has 6 nitrogen and oxygen atoms in total. The van der Waals surface area contributed by atoms with Crippen LogP contribution in [0.2, 0.25) is 10.0 Å². The van der Waals surface area contributed by atoms with E-state index in [9.17, 15) is 25.9 Å². The molecule has 0 spiro atoms. The molecule has 0 bridgehead atoms. The van der Waals surface area contributed by atoms with Gasteiger partial charge in [-0.05, 0) is 47.2 Å². The van der Waals surface area contributed by atoms with Crippen molar-refractivity contribution >= 4 is 76.7 Å². The summed E-state index contributed by atoms with van der Waals surface area (Å²) in [6.45, 7) is 0. The van der Waals surface area contributed by atoms with Gasteiger partial charge in [0.1, 0.15) is 9.79 Å². The third-order valence-corrected chi connectivity index (χ3v) is 8.17. The first-order valence-corrected chi connectivity index (χ1v) is 13.0. The van der Waals surface area contributed by atoms with Crippen molar-refractivity contribution in [1.29, 1.82) is 0 Å². The molecular weight excluding hydrogens is 503 g/mol. The summed E-state index contributed by atoms with van der Waals surface area (Å²) < 4.78 is 66.4. The molecule has 0 atom stereocenters. The van der Waals surface area contributed by atoms with E-state index in [2.05, 4.69) is 0 Å². The lowest BCUT2D eigenvalue weighted by Crippen LogP contribution is -2.00. The van der Waals surface area contributed by atoms with Crippen LogP contribution < -0.4 is 0 Å². The van der Waals surface area contributed by atoms with Crippen LogP contribution in [-0.4, -0.2) is 25.9 Å². The minimum atomic E-state index is -4.51. The first kappa shape index (κ1) is 22.3. The summed E-state index contributed by atoms with van der Waals surface area (Å²) >= 11 is 13.7. The number of fused-ring (bicyclic) bond motifs is 2. The molecule has 0 aliphatic rings. The Balaban J connectivity index is 1.98. The molecule has 0 aliphatic carbocycles. The predicted molar refractivity (Wildman–Crippen MR) is 122 cm³/mol. The van der Waals surface area contributed by atoms with Crippen molar-refractivity contribution in [3.8, 4) is 0 Å². The van der Waals surface area contributed by atoms with Gasteiger partial charge in [-0.2, -0.15) is 16.8 Å². The minimum absolute atomic E-state index is 0.155. The molecule has 0 heterocycles. The van der Waals surface area contributed by atoms with Gasteiger partial charge < -0.3 is 0 Å². The molecule has 0 fully saturated rings. The van der Waals surface area contributed by atoms with Crippen molar-refractivity contribution in [2.45, 2.75) is 19.6 Å². The van der Waals surface area contributed by atoms with Crippen LogP contribution in [0.25, 0.3) is 21.5 Å². The SMILES string of the molecule is O=S(=O)(O)c1cccc2c(Sc3ccc(Cl)c4c(S(=O)(=O)O)cccc34)ccc(Cl)c12. The van der Waals surface area contributed by atoms with Crippen molar-refractivity contribution in [3.05, 3.63) is 70.7 Å². The summed E-state index contributed by atoms with van der Waals surface area (Å²) in [5, 5.41) is 1.63. The van der Waals surface area contributed by atoms with Crippen LogP contribution >= 0.6 is 35.0 Å². The minimum Gasteiger partial charge on any atom is -0.282 e. The molecule has 0 saturated carbocycles. The van der Waals surface area contributed by atoms with Gasteiger partial charge in [-0.1, -0.05) is 59.2 Å². The summed E-state index contributed by atoms with van der Waals surface area (Å²) in [5.41, 5.74) is 0. The molecule has 0 aliphatic heterocycles. The number of hydrogen-bond acceptors (Lipinski definition) is 5. The van der Waals surface area contributed by atoms with Crippen molar-refractivity contribution in [1.82, 2.24) is 0 Å². The topological polar surface area (TPSA) is 109 Å². The zero-order valence-corrected chi connectivity index (χ0v) is 19.2. The van der Waals surface area contributed by atoms with Gasteiger partial charge in [0.25, 0.3) is 20.2 Å². The van der Waals surface area contributed by atoms with E-state index in [-0.39, 0.29) is 30.6 Å². The lowest BCUT2D eigenvalue weighted by atomic mass is 10.1. The van der Waals surface area contributed by atoms with E-state index in [0.29, 0.717) is 20.6 Å². The first-order chi connectivity index (χ1) is 14.5. The van der Waals surface area contributed by atoms with Crippen molar-refractivity contribution in [3.63, 3.8) is 0 Å². The van der Waals surface area contributed by atoms with Gasteiger partial charge in [-0.3, -0.25) is 9.11 Å². The molecule has 0 unspecified atom stereocenters. The molecule has 4 aromatic rings. The number of halogens is 2. The third kappa shape index (κ3) is 4.14. The summed E-state index contributed by atoms with van der Waals surface area (Å²) in [7, 11) is -9.02. The van der Waals surface area contributed by atoms with E-state index in [4.69, 9.17) is 23.2 Å². The number of benzene rings is 4. The summed E-state index contributed by atoms with van der Waals surface area (Å²) in [4.78, 5) is 0.607. The second-order valence-corrected chi connectivity index (χ2v) is 11.2. The maximum Gasteiger partial charge on any atom is 0.295 e. The molecule has 2 N–H and O–H groups in total. The van der Waals surface area contributed by atoms with Gasteiger partial charge >= 0.3 is 0 Å². The highest BCUT2D eigenvalue weighted by Gasteiger charge is 2.20. The molecule has 0 amide bonds. The molecule has 0 radical (unpaired) electrons. The van der Waals surface area contributed by atoms with Crippen LogP contribution in [0.5, 0.6) is 0 Å². The van der Waals surface area contributed by atoms with Gasteiger partial charge in [0.15, 0.2) is 0 Å². The molecule has 4 aromatic carbocycles. The van der Waals surface area contributed by atoms with Gasteiger partial charge in [-0.15, -0.1) is 0 Å². The maximum absolute atomic E-state index is 11.8. The van der Waals surface area contributed by atoms with Gasteiger partial charge in [-0.25, -0.2) is 0 Å². The van der Waals surface area contributed by atoms with Gasteiger partial charge in [0.2, 0.25) is 0 Å². The quantitative estimate of drug-likeness (QED) is 0.324. The summed E-state index contributed by atoms with van der Waals surface area (Å²) in [6, 6.07) is 15.2. The Bertz CT molecular complexity index is 1460. The van der Waals surface area contributed by atoms with Crippen molar-refractivity contribution in [2.24, 2.45) is 0 Å². The molecular formula is C20H12Cl2O6S3. The second-order valence-electron chi connectivity index (χ2n) is 6.50. The lowest BCUT2D eigenvalue weighted by Gasteiger charge is -2.13. The fourth-order valence-corrected chi connectivity index (χ4v) is 6.51. The molecule has 0 aromatic heterocycles. The van der Waals surface area contributed by atoms with Crippen LogP contribution in [0, 0.1) is 0 Å². The molecule has 11 heteroatoms. The van der Waals surface area contributed by atoms with E-state index in [1.807, 2.05) is 0 Å². The average Bonchev–Trinajstić information content (AvgIpc) is 2.70. The standard InChI is InChI=1S/C20H12Cl2O6S3/c21-13-7-9-15(11-3-1-5-17(19(11)13)30(23,24)25)29-16-10-8-14(22)20-12(16)4-2-6-18(20)31(26,27)28/h1-10H,(H,23,24,25)(H,26,27,28). The van der Waals surface area contributed by atoms with Gasteiger partial charge in [0, 0.05) is 30.6 Å². The van der Waals surface area contributed by atoms with Crippen molar-refractivity contribution < 1.29 is 25.9 Å². The molecule has 160 valence electrons. The highest BCUT2D eigenvalue weighted by atomic mass is 35.5. The van der Waals surface area contributed by atoms with E-state index in [1.165, 1.54) is 48.2 Å². The van der Waals surface area contributed by atoms with Crippen molar-refractivity contribution in [2.75, 3.05) is 0 Å². The van der Waals surface area contributed by atoms with Crippen LogP contribution in [0.4, 0.5) is 0 Å². The largest absolute Gasteiger partial charge is 0.295 e. The summed E-state index contributed by atoms with van der Waals surface area (Å²) in [5.74, 6) is 0. The Kier molecular flexibility index (Phi) is 5.72. The van der Waals surface area contributed by atoms with E-state index in [0.717, 1.165) is 0 Å². The Morgan fingerprint density at radius 1 is 0.613 bits per heavy atom. The zero-order valence-electron chi connectivity index (χ0n) is 15.3. The first-order valence-electron chi connectivity index (χ1n) is 8.54. The molecule has 31 heavy (non-hydrogen) atoms. The fraction of sp³-hybridized carbons (Fsp3) is 0. The smallest absolute Gasteiger partial charge is 0.282 e. The Labute approximate surface area is 192 Å². The monoisotopic (exact) mass is 514 g/mol. The Hall–Kier alpha value is -1.85. The number of rotatable bonds is 4.